The number of hydrogen-bond donors (Lipinski definition) is 1. The highest BCUT2D eigenvalue weighted by Gasteiger charge is 2.17. The van der Waals surface area contributed by atoms with Gasteiger partial charge in [-0.3, -0.25) is 0 Å². The first-order valence-corrected chi connectivity index (χ1v) is 7.72. The van der Waals surface area contributed by atoms with Gasteiger partial charge >= 0.3 is 0 Å². The molecule has 2 rings (SSSR count). The second-order valence-corrected chi connectivity index (χ2v) is 6.01. The molecule has 0 aromatic heterocycles. The maximum Gasteiger partial charge on any atom is 0.0900 e. The van der Waals surface area contributed by atoms with E-state index in [0.717, 1.165) is 29.7 Å². The van der Waals surface area contributed by atoms with Crippen LogP contribution in [0.15, 0.2) is 28.7 Å². The van der Waals surface area contributed by atoms with Gasteiger partial charge in [-0.2, -0.15) is 0 Å². The van der Waals surface area contributed by atoms with Crippen molar-refractivity contribution in [2.45, 2.75) is 32.0 Å². The molecule has 0 amide bonds. The van der Waals surface area contributed by atoms with Crippen molar-refractivity contribution >= 4 is 15.9 Å². The predicted molar refractivity (Wildman–Crippen MR) is 80.2 cm³/mol. The van der Waals surface area contributed by atoms with Gasteiger partial charge in [-0.1, -0.05) is 34.1 Å². The number of β-amino-alcohol motifs (C(OH)–C–C–N with tert-alkyl or cyclic N) is 1. The number of likely N-dealkylation sites (tertiary alicyclic amines) is 1. The maximum absolute atomic E-state index is 10.00. The van der Waals surface area contributed by atoms with Crippen LogP contribution in [0.3, 0.4) is 0 Å². The van der Waals surface area contributed by atoms with Gasteiger partial charge in [0.2, 0.25) is 0 Å². The van der Waals surface area contributed by atoms with E-state index in [1.54, 1.807) is 0 Å². The van der Waals surface area contributed by atoms with Crippen molar-refractivity contribution in [3.05, 3.63) is 34.3 Å². The van der Waals surface area contributed by atoms with Crippen molar-refractivity contribution < 1.29 is 9.84 Å². The minimum atomic E-state index is -0.400. The first-order valence-electron chi connectivity index (χ1n) is 6.93. The zero-order chi connectivity index (χ0) is 13.7. The number of aliphatic hydroxyl groups excluding tert-OH is 1. The van der Waals surface area contributed by atoms with E-state index in [1.807, 2.05) is 31.2 Å². The van der Waals surface area contributed by atoms with Gasteiger partial charge in [-0.05, 0) is 44.5 Å². The monoisotopic (exact) mass is 327 g/mol. The number of benzene rings is 1. The van der Waals surface area contributed by atoms with Crippen LogP contribution in [0.2, 0.25) is 0 Å². The highest BCUT2D eigenvalue weighted by atomic mass is 79.9. The molecule has 1 saturated heterocycles. The molecule has 2 atom stereocenters. The molecule has 1 aromatic carbocycles. The van der Waals surface area contributed by atoms with Gasteiger partial charge in [0.25, 0.3) is 0 Å². The van der Waals surface area contributed by atoms with Gasteiger partial charge in [-0.25, -0.2) is 0 Å². The molecular formula is C15H22BrNO2. The molecule has 0 saturated carbocycles. The number of ether oxygens (including phenoxy) is 1. The van der Waals surface area contributed by atoms with Gasteiger partial charge in [0.05, 0.1) is 18.8 Å². The molecule has 1 aliphatic heterocycles. The van der Waals surface area contributed by atoms with Crippen molar-refractivity contribution in [1.82, 2.24) is 4.90 Å². The van der Waals surface area contributed by atoms with Crippen LogP contribution < -0.4 is 0 Å². The summed E-state index contributed by atoms with van der Waals surface area (Å²) in [5.74, 6) is 0. The number of hydrogen-bond acceptors (Lipinski definition) is 3. The number of halogens is 1. The minimum absolute atomic E-state index is 0.0104. The van der Waals surface area contributed by atoms with E-state index in [9.17, 15) is 5.11 Å². The molecule has 0 spiro atoms. The SMILES string of the molecule is C[C@@H](OC[C@H](O)CN1CCCC1)c1ccccc1Br. The Morgan fingerprint density at radius 2 is 2.00 bits per heavy atom. The quantitative estimate of drug-likeness (QED) is 0.871. The third kappa shape index (κ3) is 4.56. The van der Waals surface area contributed by atoms with E-state index < -0.39 is 6.10 Å². The Morgan fingerprint density at radius 1 is 1.32 bits per heavy atom. The fourth-order valence-corrected chi connectivity index (χ4v) is 3.07. The molecule has 4 heteroatoms. The lowest BCUT2D eigenvalue weighted by Crippen LogP contribution is -2.33. The van der Waals surface area contributed by atoms with Crippen LogP contribution in [0.4, 0.5) is 0 Å². The van der Waals surface area contributed by atoms with Gasteiger partial charge in [-0.15, -0.1) is 0 Å². The molecule has 0 aliphatic carbocycles. The molecule has 3 nitrogen and oxygen atoms in total. The Morgan fingerprint density at radius 3 is 2.68 bits per heavy atom. The Labute approximate surface area is 123 Å². The first kappa shape index (κ1) is 15.0. The Kier molecular flexibility index (Phi) is 5.82. The predicted octanol–water partition coefficient (Wildman–Crippen LogP) is 2.98. The minimum Gasteiger partial charge on any atom is -0.389 e. The smallest absolute Gasteiger partial charge is 0.0900 e. The lowest BCUT2D eigenvalue weighted by atomic mass is 10.1. The van der Waals surface area contributed by atoms with Crippen LogP contribution in [0, 0.1) is 0 Å². The molecule has 1 N–H and O–H groups in total. The summed E-state index contributed by atoms with van der Waals surface area (Å²) < 4.78 is 6.83. The van der Waals surface area contributed by atoms with Crippen LogP contribution >= 0.6 is 15.9 Å². The fourth-order valence-electron chi connectivity index (χ4n) is 2.47. The molecule has 1 heterocycles. The van der Waals surface area contributed by atoms with E-state index in [2.05, 4.69) is 20.8 Å². The van der Waals surface area contributed by atoms with Crippen molar-refractivity contribution in [2.75, 3.05) is 26.2 Å². The molecule has 0 radical (unpaired) electrons. The van der Waals surface area contributed by atoms with E-state index >= 15 is 0 Å². The first-order chi connectivity index (χ1) is 9.16. The topological polar surface area (TPSA) is 32.7 Å². The Hall–Kier alpha value is -0.420. The summed E-state index contributed by atoms with van der Waals surface area (Å²) in [4.78, 5) is 2.30. The summed E-state index contributed by atoms with van der Waals surface area (Å²) in [7, 11) is 0. The molecule has 19 heavy (non-hydrogen) atoms. The van der Waals surface area contributed by atoms with Gasteiger partial charge in [0.1, 0.15) is 0 Å². The molecule has 0 unspecified atom stereocenters. The van der Waals surface area contributed by atoms with Crippen LogP contribution in [-0.4, -0.2) is 42.4 Å². The third-order valence-electron chi connectivity index (χ3n) is 3.55. The third-order valence-corrected chi connectivity index (χ3v) is 4.27. The highest BCUT2D eigenvalue weighted by molar-refractivity contribution is 9.10. The average Bonchev–Trinajstić information content (AvgIpc) is 2.89. The highest BCUT2D eigenvalue weighted by Crippen LogP contribution is 2.25. The number of nitrogens with zero attached hydrogens (tertiary/aromatic N) is 1. The normalized spacial score (nSPS) is 19.5. The van der Waals surface area contributed by atoms with Gasteiger partial charge < -0.3 is 14.7 Å². The average molecular weight is 328 g/mol. The van der Waals surface area contributed by atoms with Crippen molar-refractivity contribution in [1.29, 1.82) is 0 Å². The van der Waals surface area contributed by atoms with Crippen LogP contribution in [0.25, 0.3) is 0 Å². The lowest BCUT2D eigenvalue weighted by molar-refractivity contribution is -0.0135. The second kappa shape index (κ2) is 7.39. The Balaban J connectivity index is 1.76. The molecule has 1 fully saturated rings. The van der Waals surface area contributed by atoms with Crippen LogP contribution in [0.5, 0.6) is 0 Å². The van der Waals surface area contributed by atoms with E-state index in [1.165, 1.54) is 12.8 Å². The van der Waals surface area contributed by atoms with Crippen molar-refractivity contribution in [2.24, 2.45) is 0 Å². The van der Waals surface area contributed by atoms with E-state index in [-0.39, 0.29) is 6.10 Å². The van der Waals surface area contributed by atoms with E-state index in [4.69, 9.17) is 4.74 Å². The lowest BCUT2D eigenvalue weighted by Gasteiger charge is -2.21. The maximum atomic E-state index is 10.00. The summed E-state index contributed by atoms with van der Waals surface area (Å²) in [6.07, 6.45) is 2.09. The largest absolute Gasteiger partial charge is 0.389 e. The summed E-state index contributed by atoms with van der Waals surface area (Å²) in [5.41, 5.74) is 1.12. The number of aliphatic hydroxyl groups is 1. The summed E-state index contributed by atoms with van der Waals surface area (Å²) in [6.45, 7) is 5.35. The number of rotatable bonds is 6. The Bertz CT molecular complexity index is 393. The molecule has 106 valence electrons. The van der Waals surface area contributed by atoms with Gasteiger partial charge in [0.15, 0.2) is 0 Å². The van der Waals surface area contributed by atoms with Crippen molar-refractivity contribution in [3.63, 3.8) is 0 Å². The molecular weight excluding hydrogens is 306 g/mol. The van der Waals surface area contributed by atoms with Gasteiger partial charge in [0, 0.05) is 11.0 Å². The second-order valence-electron chi connectivity index (χ2n) is 5.16. The van der Waals surface area contributed by atoms with E-state index in [0.29, 0.717) is 6.61 Å². The van der Waals surface area contributed by atoms with Crippen LogP contribution in [-0.2, 0) is 4.74 Å². The zero-order valence-corrected chi connectivity index (χ0v) is 13.0. The molecule has 1 aliphatic rings. The standard InChI is InChI=1S/C15H22BrNO2/c1-12(14-6-2-3-7-15(14)16)19-11-13(18)10-17-8-4-5-9-17/h2-3,6-7,12-13,18H,4-5,8-11H2,1H3/t12-,13-/m1/s1. The summed E-state index contributed by atoms with van der Waals surface area (Å²) in [6, 6.07) is 8.04. The molecule has 1 aromatic rings. The zero-order valence-electron chi connectivity index (χ0n) is 11.4. The summed E-state index contributed by atoms with van der Waals surface area (Å²) in [5, 5.41) is 10.00. The molecule has 0 bridgehead atoms. The fraction of sp³-hybridized carbons (Fsp3) is 0.600. The summed E-state index contributed by atoms with van der Waals surface area (Å²) >= 11 is 3.52. The van der Waals surface area contributed by atoms with Crippen molar-refractivity contribution in [3.8, 4) is 0 Å². The van der Waals surface area contributed by atoms with Crippen LogP contribution in [0.1, 0.15) is 31.4 Å².